The second-order valence-electron chi connectivity index (χ2n) is 5.51. The molecule has 1 aliphatic heterocycles. The molecule has 0 aliphatic carbocycles. The minimum Gasteiger partial charge on any atom is -0.497 e. The fourth-order valence-corrected chi connectivity index (χ4v) is 3.74. The van der Waals surface area contributed by atoms with Crippen LogP contribution in [0.1, 0.15) is 22.0 Å². The number of aryl methyl sites for hydroxylation is 1. The Morgan fingerprint density at radius 2 is 1.88 bits per heavy atom. The van der Waals surface area contributed by atoms with Gasteiger partial charge < -0.3 is 20.1 Å². The summed E-state index contributed by atoms with van der Waals surface area (Å²) in [5, 5.41) is 7.49. The zero-order valence-electron chi connectivity index (χ0n) is 14.1. The van der Waals surface area contributed by atoms with Crippen LogP contribution < -0.4 is 15.4 Å². The third-order valence-corrected chi connectivity index (χ3v) is 5.10. The van der Waals surface area contributed by atoms with Crippen molar-refractivity contribution in [2.45, 2.75) is 13.0 Å². The number of methoxy groups -OCH3 is 2. The molecule has 1 unspecified atom stereocenters. The van der Waals surface area contributed by atoms with Gasteiger partial charge in [0.15, 0.2) is 0 Å². The van der Waals surface area contributed by atoms with Gasteiger partial charge in [-0.1, -0.05) is 0 Å². The molecule has 2 N–H and O–H groups in total. The Balaban J connectivity index is 2.17. The number of esters is 1. The van der Waals surface area contributed by atoms with E-state index in [1.54, 1.807) is 31.4 Å². The molecule has 3 rings (SSSR count). The standard InChI is InChI=1S/C18H18N2O4S/c1-10-8-9-25-16(10)15-13(17(21)24-3)14(19-18(22)20-15)11-4-6-12(23-2)7-5-11/h4-9,15H,1-3H3,(H2,19,20,22). The molecule has 1 aromatic heterocycles. The van der Waals surface area contributed by atoms with E-state index in [0.29, 0.717) is 22.6 Å². The largest absolute Gasteiger partial charge is 0.497 e. The molecule has 1 aromatic carbocycles. The molecular weight excluding hydrogens is 340 g/mol. The molecule has 0 fully saturated rings. The number of hydrogen-bond donors (Lipinski definition) is 2. The summed E-state index contributed by atoms with van der Waals surface area (Å²) in [7, 11) is 2.91. The van der Waals surface area contributed by atoms with Gasteiger partial charge in [-0.05, 0) is 53.8 Å². The van der Waals surface area contributed by atoms with Crippen molar-refractivity contribution < 1.29 is 19.1 Å². The summed E-state index contributed by atoms with van der Waals surface area (Å²) in [4.78, 5) is 25.6. The van der Waals surface area contributed by atoms with Crippen LogP contribution in [-0.4, -0.2) is 26.2 Å². The van der Waals surface area contributed by atoms with Gasteiger partial charge in [0.1, 0.15) is 5.75 Å². The Morgan fingerprint density at radius 3 is 2.44 bits per heavy atom. The number of urea groups is 1. The number of nitrogens with one attached hydrogen (secondary N) is 2. The first-order valence-electron chi connectivity index (χ1n) is 7.63. The fraction of sp³-hybridized carbons (Fsp3) is 0.222. The van der Waals surface area contributed by atoms with Gasteiger partial charge in [-0.15, -0.1) is 11.3 Å². The topological polar surface area (TPSA) is 76.7 Å². The molecule has 0 radical (unpaired) electrons. The predicted octanol–water partition coefficient (Wildman–Crippen LogP) is 3.00. The number of rotatable bonds is 4. The van der Waals surface area contributed by atoms with E-state index < -0.39 is 12.0 Å². The van der Waals surface area contributed by atoms with Crippen LogP contribution in [0.25, 0.3) is 5.70 Å². The van der Waals surface area contributed by atoms with Gasteiger partial charge in [-0.2, -0.15) is 0 Å². The average Bonchev–Trinajstić information content (AvgIpc) is 3.06. The lowest BCUT2D eigenvalue weighted by Gasteiger charge is -2.29. The molecule has 2 amide bonds. The van der Waals surface area contributed by atoms with Crippen molar-refractivity contribution in [3.8, 4) is 5.75 Å². The Hall–Kier alpha value is -2.80. The van der Waals surface area contributed by atoms with E-state index in [-0.39, 0.29) is 6.03 Å². The van der Waals surface area contributed by atoms with Gasteiger partial charge in [0.25, 0.3) is 0 Å². The van der Waals surface area contributed by atoms with Gasteiger partial charge in [0.2, 0.25) is 0 Å². The number of benzene rings is 1. The van der Waals surface area contributed by atoms with E-state index in [9.17, 15) is 9.59 Å². The molecule has 0 saturated carbocycles. The maximum atomic E-state index is 12.5. The van der Waals surface area contributed by atoms with Crippen LogP contribution in [0.2, 0.25) is 0 Å². The number of carbonyl (C=O) groups excluding carboxylic acids is 2. The summed E-state index contributed by atoms with van der Waals surface area (Å²) in [5.41, 5.74) is 2.52. The SMILES string of the molecule is COC(=O)C1=C(c2ccc(OC)cc2)NC(=O)NC1c1sccc1C. The van der Waals surface area contributed by atoms with Crippen LogP contribution in [-0.2, 0) is 9.53 Å². The second kappa shape index (κ2) is 6.98. The van der Waals surface area contributed by atoms with Gasteiger partial charge in [0.05, 0.1) is 31.5 Å². The van der Waals surface area contributed by atoms with Crippen LogP contribution in [0, 0.1) is 6.92 Å². The van der Waals surface area contributed by atoms with Crippen molar-refractivity contribution in [1.82, 2.24) is 10.6 Å². The normalized spacial score (nSPS) is 16.9. The lowest BCUT2D eigenvalue weighted by atomic mass is 9.95. The van der Waals surface area contributed by atoms with E-state index in [2.05, 4.69) is 10.6 Å². The first-order valence-corrected chi connectivity index (χ1v) is 8.51. The van der Waals surface area contributed by atoms with E-state index in [1.165, 1.54) is 18.4 Å². The molecule has 2 aromatic rings. The number of thiophene rings is 1. The molecule has 7 heteroatoms. The summed E-state index contributed by atoms with van der Waals surface area (Å²) in [6, 6.07) is 8.17. The summed E-state index contributed by atoms with van der Waals surface area (Å²) >= 11 is 1.49. The molecule has 2 heterocycles. The van der Waals surface area contributed by atoms with Crippen molar-refractivity contribution in [1.29, 1.82) is 0 Å². The fourth-order valence-electron chi connectivity index (χ4n) is 2.76. The highest BCUT2D eigenvalue weighted by Gasteiger charge is 2.35. The van der Waals surface area contributed by atoms with Crippen molar-refractivity contribution >= 4 is 29.0 Å². The Labute approximate surface area is 149 Å². The van der Waals surface area contributed by atoms with Crippen molar-refractivity contribution in [3.05, 3.63) is 57.3 Å². The van der Waals surface area contributed by atoms with E-state index >= 15 is 0 Å². The molecule has 0 spiro atoms. The van der Waals surface area contributed by atoms with Crippen molar-refractivity contribution in [3.63, 3.8) is 0 Å². The van der Waals surface area contributed by atoms with Crippen molar-refractivity contribution in [2.24, 2.45) is 0 Å². The molecule has 1 atom stereocenters. The van der Waals surface area contributed by atoms with Crippen LogP contribution in [0.3, 0.4) is 0 Å². The highest BCUT2D eigenvalue weighted by molar-refractivity contribution is 7.10. The van der Waals surface area contributed by atoms with Crippen LogP contribution >= 0.6 is 11.3 Å². The summed E-state index contributed by atoms with van der Waals surface area (Å²) < 4.78 is 10.1. The summed E-state index contributed by atoms with van der Waals surface area (Å²) in [6.07, 6.45) is 0. The Bertz CT molecular complexity index is 839. The monoisotopic (exact) mass is 358 g/mol. The quantitative estimate of drug-likeness (QED) is 0.824. The molecule has 0 bridgehead atoms. The number of carbonyl (C=O) groups is 2. The van der Waals surface area contributed by atoms with Crippen LogP contribution in [0.15, 0.2) is 41.3 Å². The molecule has 0 saturated heterocycles. The van der Waals surface area contributed by atoms with E-state index in [4.69, 9.17) is 9.47 Å². The Morgan fingerprint density at radius 1 is 1.16 bits per heavy atom. The van der Waals surface area contributed by atoms with E-state index in [1.807, 2.05) is 18.4 Å². The molecule has 130 valence electrons. The summed E-state index contributed by atoms with van der Waals surface area (Å²) in [6.45, 7) is 1.95. The van der Waals surface area contributed by atoms with Gasteiger partial charge in [-0.25, -0.2) is 9.59 Å². The third kappa shape index (κ3) is 3.23. The van der Waals surface area contributed by atoms with Gasteiger partial charge in [0, 0.05) is 4.88 Å². The van der Waals surface area contributed by atoms with Gasteiger partial charge >= 0.3 is 12.0 Å². The first kappa shape index (κ1) is 17.0. The highest BCUT2D eigenvalue weighted by Crippen LogP contribution is 2.36. The smallest absolute Gasteiger partial charge is 0.338 e. The molecule has 25 heavy (non-hydrogen) atoms. The van der Waals surface area contributed by atoms with Crippen LogP contribution in [0.4, 0.5) is 4.79 Å². The molecule has 6 nitrogen and oxygen atoms in total. The maximum Gasteiger partial charge on any atom is 0.338 e. The summed E-state index contributed by atoms with van der Waals surface area (Å²) in [5.74, 6) is 0.200. The highest BCUT2D eigenvalue weighted by atomic mass is 32.1. The zero-order chi connectivity index (χ0) is 18.0. The predicted molar refractivity (Wildman–Crippen MR) is 95.4 cm³/mol. The number of hydrogen-bond acceptors (Lipinski definition) is 5. The first-order chi connectivity index (χ1) is 12.0. The number of amides is 2. The third-order valence-electron chi connectivity index (χ3n) is 4.02. The van der Waals surface area contributed by atoms with Crippen LogP contribution in [0.5, 0.6) is 5.75 Å². The van der Waals surface area contributed by atoms with Gasteiger partial charge in [-0.3, -0.25) is 0 Å². The average molecular weight is 358 g/mol. The lowest BCUT2D eigenvalue weighted by Crippen LogP contribution is -2.45. The Kier molecular flexibility index (Phi) is 4.76. The van der Waals surface area contributed by atoms with Crippen molar-refractivity contribution in [2.75, 3.05) is 14.2 Å². The second-order valence-corrected chi connectivity index (χ2v) is 6.46. The minimum atomic E-state index is -0.557. The molecular formula is C18H18N2O4S. The number of ether oxygens (including phenoxy) is 2. The minimum absolute atomic E-state index is 0.365. The lowest BCUT2D eigenvalue weighted by molar-refractivity contribution is -0.136. The van der Waals surface area contributed by atoms with E-state index in [0.717, 1.165) is 10.4 Å². The maximum absolute atomic E-state index is 12.5. The molecule has 1 aliphatic rings. The zero-order valence-corrected chi connectivity index (χ0v) is 14.9.